The Morgan fingerprint density at radius 2 is 2.05 bits per heavy atom. The highest BCUT2D eigenvalue weighted by Crippen LogP contribution is 2.47. The van der Waals surface area contributed by atoms with Gasteiger partial charge < -0.3 is 5.11 Å². The number of fused-ring (bicyclic) bond motifs is 1. The maximum absolute atomic E-state index is 13.4. The third-order valence-electron chi connectivity index (χ3n) is 4.21. The minimum atomic E-state index is -0.983. The number of hydrogen-bond acceptors (Lipinski definition) is 2. The molecule has 0 bridgehead atoms. The summed E-state index contributed by atoms with van der Waals surface area (Å²) < 4.78 is 13.7. The molecule has 0 saturated carbocycles. The molecule has 21 heavy (non-hydrogen) atoms. The number of nitriles is 1. The summed E-state index contributed by atoms with van der Waals surface area (Å²) in [5.41, 5.74) is 1.55. The Kier molecular flexibility index (Phi) is 3.56. The monoisotopic (exact) mass is 345 g/mol. The second-order valence-corrected chi connectivity index (χ2v) is 6.17. The summed E-state index contributed by atoms with van der Waals surface area (Å²) in [6, 6.07) is 14.4. The van der Waals surface area contributed by atoms with Crippen molar-refractivity contribution in [3.8, 4) is 6.07 Å². The molecule has 3 rings (SSSR count). The number of nitrogens with zero attached hydrogens (tertiary/aromatic N) is 1. The van der Waals surface area contributed by atoms with Gasteiger partial charge >= 0.3 is 0 Å². The van der Waals surface area contributed by atoms with E-state index in [0.717, 1.165) is 17.5 Å². The Labute approximate surface area is 131 Å². The molecule has 2 atom stereocenters. The Balaban J connectivity index is 2.09. The van der Waals surface area contributed by atoms with E-state index >= 15 is 0 Å². The van der Waals surface area contributed by atoms with Gasteiger partial charge in [0.05, 0.1) is 10.5 Å². The van der Waals surface area contributed by atoms with Crippen LogP contribution in [0.15, 0.2) is 46.9 Å². The van der Waals surface area contributed by atoms with E-state index in [0.29, 0.717) is 16.5 Å². The molecule has 1 N–H and O–H groups in total. The maximum Gasteiger partial charge on any atom is 0.137 e. The van der Waals surface area contributed by atoms with Crippen LogP contribution in [0.2, 0.25) is 0 Å². The summed E-state index contributed by atoms with van der Waals surface area (Å²) in [6.07, 6.45) is 0.352. The molecule has 0 saturated heterocycles. The van der Waals surface area contributed by atoms with E-state index in [-0.39, 0.29) is 5.82 Å². The zero-order chi connectivity index (χ0) is 15.0. The van der Waals surface area contributed by atoms with E-state index in [1.165, 1.54) is 12.1 Å². The predicted molar refractivity (Wildman–Crippen MR) is 81.1 cm³/mol. The van der Waals surface area contributed by atoms with Gasteiger partial charge in [-0.05, 0) is 57.6 Å². The molecular formula is C17H13BrFNO. The predicted octanol–water partition coefficient (Wildman–Crippen LogP) is 4.03. The molecule has 0 fully saturated rings. The molecule has 1 aliphatic rings. The Hall–Kier alpha value is -1.70. The number of benzene rings is 2. The average Bonchev–Trinajstić information content (AvgIpc) is 2.89. The fourth-order valence-corrected chi connectivity index (χ4v) is 3.46. The van der Waals surface area contributed by atoms with Crippen LogP contribution in [0.1, 0.15) is 29.2 Å². The van der Waals surface area contributed by atoms with Gasteiger partial charge in [-0.3, -0.25) is 0 Å². The lowest BCUT2D eigenvalue weighted by Gasteiger charge is -2.29. The third-order valence-corrected chi connectivity index (χ3v) is 4.82. The molecule has 4 heteroatoms. The minimum Gasteiger partial charge on any atom is -0.386 e. The maximum atomic E-state index is 13.4. The van der Waals surface area contributed by atoms with E-state index in [9.17, 15) is 14.8 Å². The first kappa shape index (κ1) is 14.2. The molecule has 0 aliphatic heterocycles. The van der Waals surface area contributed by atoms with Gasteiger partial charge in [-0.1, -0.05) is 30.3 Å². The van der Waals surface area contributed by atoms with Crippen LogP contribution in [0.25, 0.3) is 0 Å². The van der Waals surface area contributed by atoms with Crippen molar-refractivity contribution < 1.29 is 9.50 Å². The van der Waals surface area contributed by atoms with Crippen LogP contribution in [0.3, 0.4) is 0 Å². The van der Waals surface area contributed by atoms with Crippen molar-refractivity contribution >= 4 is 15.9 Å². The third kappa shape index (κ3) is 2.17. The van der Waals surface area contributed by atoms with E-state index in [4.69, 9.17) is 0 Å². The summed E-state index contributed by atoms with van der Waals surface area (Å²) in [7, 11) is 0. The number of rotatable bonds is 2. The van der Waals surface area contributed by atoms with E-state index in [2.05, 4.69) is 22.0 Å². The van der Waals surface area contributed by atoms with E-state index in [1.54, 1.807) is 6.07 Å². The largest absolute Gasteiger partial charge is 0.386 e. The first-order chi connectivity index (χ1) is 10.1. The highest BCUT2D eigenvalue weighted by Gasteiger charge is 2.45. The minimum absolute atomic E-state index is 0.290. The normalized spacial score (nSPS) is 21.6. The summed E-state index contributed by atoms with van der Waals surface area (Å²) in [5, 5.41) is 20.5. The number of aryl methyl sites for hydroxylation is 1. The van der Waals surface area contributed by atoms with Gasteiger partial charge in [0.15, 0.2) is 0 Å². The van der Waals surface area contributed by atoms with Gasteiger partial charge in [0.25, 0.3) is 0 Å². The summed E-state index contributed by atoms with van der Waals surface area (Å²) in [5.74, 6) is -0.385. The Morgan fingerprint density at radius 3 is 2.76 bits per heavy atom. The van der Waals surface area contributed by atoms with Crippen molar-refractivity contribution in [2.75, 3.05) is 0 Å². The first-order valence-corrected chi connectivity index (χ1v) is 7.50. The smallest absolute Gasteiger partial charge is 0.137 e. The highest BCUT2D eigenvalue weighted by molar-refractivity contribution is 9.10. The lowest BCUT2D eigenvalue weighted by Crippen LogP contribution is -2.29. The topological polar surface area (TPSA) is 44.0 Å². The van der Waals surface area contributed by atoms with Crippen molar-refractivity contribution in [2.24, 2.45) is 0 Å². The lowest BCUT2D eigenvalue weighted by molar-refractivity contribution is 0.110. The van der Waals surface area contributed by atoms with E-state index in [1.807, 2.05) is 24.3 Å². The number of hydrogen-bond donors (Lipinski definition) is 1. The van der Waals surface area contributed by atoms with Crippen molar-refractivity contribution in [3.05, 3.63) is 69.4 Å². The number of aliphatic hydroxyl groups excluding tert-OH is 1. The molecular weight excluding hydrogens is 333 g/mol. The van der Waals surface area contributed by atoms with Gasteiger partial charge in [0.1, 0.15) is 17.3 Å². The van der Waals surface area contributed by atoms with Crippen LogP contribution >= 0.6 is 15.9 Å². The van der Waals surface area contributed by atoms with E-state index < -0.39 is 11.5 Å². The summed E-state index contributed by atoms with van der Waals surface area (Å²) >= 11 is 3.13. The number of halogens is 2. The zero-order valence-corrected chi connectivity index (χ0v) is 12.8. The Bertz CT molecular complexity index is 740. The first-order valence-electron chi connectivity index (χ1n) is 6.71. The van der Waals surface area contributed by atoms with Gasteiger partial charge in [-0.15, -0.1) is 0 Å². The second kappa shape index (κ2) is 5.25. The quantitative estimate of drug-likeness (QED) is 0.892. The molecule has 2 nitrogen and oxygen atoms in total. The van der Waals surface area contributed by atoms with Crippen LogP contribution in [0, 0.1) is 17.1 Å². The fraction of sp³-hybridized carbons (Fsp3) is 0.235. The molecule has 2 aromatic rings. The average molecular weight is 346 g/mol. The SMILES string of the molecule is N#CC1(C(O)c2ccc(F)c(Br)c2)CCc2ccccc21. The molecule has 0 amide bonds. The van der Waals surface area contributed by atoms with Gasteiger partial charge in [-0.25, -0.2) is 4.39 Å². The van der Waals surface area contributed by atoms with Crippen molar-refractivity contribution in [3.63, 3.8) is 0 Å². The van der Waals surface area contributed by atoms with Gasteiger partial charge in [0.2, 0.25) is 0 Å². The molecule has 106 valence electrons. The van der Waals surface area contributed by atoms with Crippen LogP contribution in [0.4, 0.5) is 4.39 Å². The van der Waals surface area contributed by atoms with Crippen LogP contribution in [0.5, 0.6) is 0 Å². The Morgan fingerprint density at radius 1 is 1.29 bits per heavy atom. The van der Waals surface area contributed by atoms with Crippen molar-refractivity contribution in [2.45, 2.75) is 24.4 Å². The lowest BCUT2D eigenvalue weighted by atomic mass is 9.75. The van der Waals surface area contributed by atoms with Gasteiger partial charge in [-0.2, -0.15) is 5.26 Å². The zero-order valence-electron chi connectivity index (χ0n) is 11.2. The molecule has 0 aromatic heterocycles. The standard InChI is InChI=1S/C17H13BrFNO/c18-14-9-12(5-6-15(14)19)16(21)17(10-20)8-7-11-3-1-2-4-13(11)17/h1-6,9,16,21H,7-8H2. The van der Waals surface area contributed by atoms with Gasteiger partial charge in [0, 0.05) is 0 Å². The highest BCUT2D eigenvalue weighted by atomic mass is 79.9. The molecule has 2 unspecified atom stereocenters. The molecule has 1 aliphatic carbocycles. The number of aliphatic hydroxyl groups is 1. The molecule has 0 heterocycles. The van der Waals surface area contributed by atoms with Crippen molar-refractivity contribution in [1.29, 1.82) is 5.26 Å². The fourth-order valence-electron chi connectivity index (χ4n) is 3.07. The second-order valence-electron chi connectivity index (χ2n) is 5.32. The summed E-state index contributed by atoms with van der Waals surface area (Å²) in [4.78, 5) is 0. The molecule has 0 radical (unpaired) electrons. The summed E-state index contributed by atoms with van der Waals surface area (Å²) in [6.45, 7) is 0. The van der Waals surface area contributed by atoms with Crippen LogP contribution in [-0.2, 0) is 11.8 Å². The molecule has 0 spiro atoms. The van der Waals surface area contributed by atoms with Crippen molar-refractivity contribution in [1.82, 2.24) is 0 Å². The van der Waals surface area contributed by atoms with Crippen LogP contribution < -0.4 is 0 Å². The van der Waals surface area contributed by atoms with Crippen LogP contribution in [-0.4, -0.2) is 5.11 Å². The molecule has 2 aromatic carbocycles.